The Bertz CT molecular complexity index is 207. The molecule has 0 bridgehead atoms. The highest BCUT2D eigenvalue weighted by Crippen LogP contribution is 2.17. The second-order valence-electron chi connectivity index (χ2n) is 4.30. The molecule has 1 amide bonds. The zero-order valence-electron chi connectivity index (χ0n) is 10.1. The van der Waals surface area contributed by atoms with Gasteiger partial charge in [-0.2, -0.15) is 5.12 Å². The first-order valence-electron chi connectivity index (χ1n) is 5.72. The van der Waals surface area contributed by atoms with E-state index in [1.54, 1.807) is 0 Å². The lowest BCUT2D eigenvalue weighted by Crippen LogP contribution is -2.50. The van der Waals surface area contributed by atoms with Gasteiger partial charge in [0.1, 0.15) is 5.54 Å². The summed E-state index contributed by atoms with van der Waals surface area (Å²) in [6.07, 6.45) is 3.73. The molecule has 5 heteroatoms. The number of aliphatic hydroxyl groups excluding tert-OH is 2. The Morgan fingerprint density at radius 2 is 1.81 bits per heavy atom. The highest BCUT2D eigenvalue weighted by atomic mass is 19.2. The lowest BCUT2D eigenvalue weighted by Gasteiger charge is -2.30. The summed E-state index contributed by atoms with van der Waals surface area (Å²) >= 11 is 0. The van der Waals surface area contributed by atoms with Crippen molar-refractivity contribution in [3.05, 3.63) is 0 Å². The molecule has 0 aromatic rings. The van der Waals surface area contributed by atoms with E-state index < -0.39 is 24.7 Å². The fourth-order valence-electron chi connectivity index (χ4n) is 1.28. The van der Waals surface area contributed by atoms with E-state index in [-0.39, 0.29) is 11.5 Å². The van der Waals surface area contributed by atoms with E-state index in [1.807, 2.05) is 0 Å². The number of amides is 1. The molecule has 0 atom stereocenters. The average Bonchev–Trinajstić information content (AvgIpc) is 2.32. The topological polar surface area (TPSA) is 60.8 Å². The summed E-state index contributed by atoms with van der Waals surface area (Å²) in [6, 6.07) is 0. The van der Waals surface area contributed by atoms with Gasteiger partial charge < -0.3 is 10.2 Å². The summed E-state index contributed by atoms with van der Waals surface area (Å²) < 4.78 is 13.5. The van der Waals surface area contributed by atoms with Crippen molar-refractivity contribution in [2.45, 2.75) is 51.5 Å². The number of hydrogen-bond acceptors (Lipinski definition) is 3. The van der Waals surface area contributed by atoms with Gasteiger partial charge in [0.15, 0.2) is 0 Å². The number of carbonyl (C=O) groups is 1. The number of nitrogens with zero attached hydrogens (tertiary/aromatic N) is 1. The van der Waals surface area contributed by atoms with Crippen LogP contribution in [0.1, 0.15) is 46.0 Å². The second kappa shape index (κ2) is 7.57. The molecule has 0 aliphatic carbocycles. The number of halogens is 1. The van der Waals surface area contributed by atoms with Crippen molar-refractivity contribution in [2.75, 3.05) is 13.2 Å². The first kappa shape index (κ1) is 15.3. The summed E-state index contributed by atoms with van der Waals surface area (Å²) in [5.74, 6) is -0.679. The number of rotatable bonds is 8. The number of aliphatic hydroxyl groups is 2. The zero-order chi connectivity index (χ0) is 12.6. The van der Waals surface area contributed by atoms with E-state index in [2.05, 4.69) is 6.92 Å². The lowest BCUT2D eigenvalue weighted by atomic mass is 10.0. The summed E-state index contributed by atoms with van der Waals surface area (Å²) in [6.45, 7) is 2.16. The molecule has 0 unspecified atom stereocenters. The van der Waals surface area contributed by atoms with Gasteiger partial charge in [0.2, 0.25) is 0 Å². The number of unbranched alkanes of at least 4 members (excludes halogenated alkanes) is 3. The van der Waals surface area contributed by atoms with Gasteiger partial charge >= 0.3 is 0 Å². The molecule has 2 N–H and O–H groups in total. The van der Waals surface area contributed by atoms with Crippen molar-refractivity contribution < 1.29 is 19.5 Å². The molecule has 96 valence electrons. The maximum absolute atomic E-state index is 13.5. The Balaban J connectivity index is 4.07. The van der Waals surface area contributed by atoms with E-state index in [0.717, 1.165) is 19.3 Å². The van der Waals surface area contributed by atoms with E-state index >= 15 is 0 Å². The largest absolute Gasteiger partial charge is 0.394 e. The summed E-state index contributed by atoms with van der Waals surface area (Å²) in [7, 11) is 0. The molecular weight excluding hydrogens is 213 g/mol. The molecule has 0 radical (unpaired) electrons. The van der Waals surface area contributed by atoms with Crippen LogP contribution < -0.4 is 0 Å². The van der Waals surface area contributed by atoms with E-state index in [4.69, 9.17) is 10.2 Å². The zero-order valence-corrected chi connectivity index (χ0v) is 10.1. The molecule has 0 aliphatic rings. The molecular formula is C11H22FNO3. The van der Waals surface area contributed by atoms with Crippen LogP contribution in [0, 0.1) is 0 Å². The van der Waals surface area contributed by atoms with Crippen LogP contribution in [-0.4, -0.2) is 40.0 Å². The fourth-order valence-corrected chi connectivity index (χ4v) is 1.28. The molecule has 0 fully saturated rings. The van der Waals surface area contributed by atoms with Crippen LogP contribution in [0.25, 0.3) is 0 Å². The molecule has 0 spiro atoms. The van der Waals surface area contributed by atoms with Crippen LogP contribution in [0.2, 0.25) is 0 Å². The molecule has 0 aromatic carbocycles. The molecule has 0 saturated carbocycles. The summed E-state index contributed by atoms with van der Waals surface area (Å²) in [5.41, 5.74) is -1.51. The third-order valence-electron chi connectivity index (χ3n) is 2.62. The minimum absolute atomic E-state index is 0.0427. The van der Waals surface area contributed by atoms with Gasteiger partial charge in [-0.05, 0) is 13.3 Å². The van der Waals surface area contributed by atoms with Crippen LogP contribution in [0.3, 0.4) is 0 Å². The Morgan fingerprint density at radius 1 is 1.25 bits per heavy atom. The predicted molar refractivity (Wildman–Crippen MR) is 59.3 cm³/mol. The van der Waals surface area contributed by atoms with Crippen molar-refractivity contribution in [3.63, 3.8) is 0 Å². The molecule has 0 aromatic heterocycles. The normalized spacial score (nSPS) is 11.6. The van der Waals surface area contributed by atoms with Crippen molar-refractivity contribution in [1.82, 2.24) is 5.12 Å². The molecule has 0 rings (SSSR count). The predicted octanol–water partition coefficient (Wildman–Crippen LogP) is 1.41. The summed E-state index contributed by atoms with van der Waals surface area (Å²) in [4.78, 5) is 11.4. The monoisotopic (exact) mass is 235 g/mol. The molecule has 0 saturated heterocycles. The van der Waals surface area contributed by atoms with Gasteiger partial charge in [0.05, 0.1) is 13.2 Å². The van der Waals surface area contributed by atoms with Crippen LogP contribution >= 0.6 is 0 Å². The Hall–Kier alpha value is -0.680. The molecule has 0 heterocycles. The van der Waals surface area contributed by atoms with Gasteiger partial charge in [0.25, 0.3) is 5.91 Å². The third-order valence-corrected chi connectivity index (χ3v) is 2.62. The van der Waals surface area contributed by atoms with Crippen molar-refractivity contribution >= 4 is 5.91 Å². The minimum Gasteiger partial charge on any atom is -0.394 e. The Kier molecular flexibility index (Phi) is 7.25. The summed E-state index contributed by atoms with van der Waals surface area (Å²) in [5, 5.41) is 17.8. The minimum atomic E-state index is -1.51. The highest BCUT2D eigenvalue weighted by molar-refractivity contribution is 5.75. The van der Waals surface area contributed by atoms with Crippen LogP contribution in [0.5, 0.6) is 0 Å². The van der Waals surface area contributed by atoms with Crippen molar-refractivity contribution in [3.8, 4) is 0 Å². The van der Waals surface area contributed by atoms with Gasteiger partial charge in [0, 0.05) is 6.42 Å². The van der Waals surface area contributed by atoms with Gasteiger partial charge in [-0.25, -0.2) is 0 Å². The van der Waals surface area contributed by atoms with Crippen molar-refractivity contribution in [1.29, 1.82) is 0 Å². The Labute approximate surface area is 96.0 Å². The van der Waals surface area contributed by atoms with Crippen LogP contribution in [0.4, 0.5) is 4.48 Å². The first-order chi connectivity index (χ1) is 7.51. The first-order valence-corrected chi connectivity index (χ1v) is 5.72. The Morgan fingerprint density at radius 3 is 2.25 bits per heavy atom. The fraction of sp³-hybridized carbons (Fsp3) is 0.909. The number of hydrogen-bond donors (Lipinski definition) is 2. The van der Waals surface area contributed by atoms with E-state index in [0.29, 0.717) is 6.42 Å². The van der Waals surface area contributed by atoms with Gasteiger partial charge in [-0.3, -0.25) is 4.79 Å². The van der Waals surface area contributed by atoms with Crippen molar-refractivity contribution in [2.24, 2.45) is 0 Å². The van der Waals surface area contributed by atoms with Crippen LogP contribution in [0.15, 0.2) is 0 Å². The SMILES string of the molecule is CCCCCCC(=O)N(F)C(C)(CO)CO. The third kappa shape index (κ3) is 4.45. The van der Waals surface area contributed by atoms with E-state index in [1.165, 1.54) is 6.92 Å². The average molecular weight is 235 g/mol. The maximum Gasteiger partial charge on any atom is 0.250 e. The second-order valence-corrected chi connectivity index (χ2v) is 4.30. The van der Waals surface area contributed by atoms with Crippen LogP contribution in [-0.2, 0) is 4.79 Å². The molecule has 4 nitrogen and oxygen atoms in total. The maximum atomic E-state index is 13.5. The lowest BCUT2D eigenvalue weighted by molar-refractivity contribution is -0.170. The van der Waals surface area contributed by atoms with E-state index in [9.17, 15) is 9.28 Å². The number of carbonyl (C=O) groups excluding carboxylic acids is 1. The standard InChI is InChI=1S/C11H22FNO3/c1-3-4-5-6-7-10(16)13(12)11(2,8-14)9-15/h14-15H,3-9H2,1-2H3. The molecule has 16 heavy (non-hydrogen) atoms. The van der Waals surface area contributed by atoms with Gasteiger partial charge in [-0.1, -0.05) is 30.7 Å². The smallest absolute Gasteiger partial charge is 0.250 e. The van der Waals surface area contributed by atoms with Gasteiger partial charge in [-0.15, -0.1) is 0 Å². The highest BCUT2D eigenvalue weighted by Gasteiger charge is 2.34. The molecule has 0 aliphatic heterocycles. The quantitative estimate of drug-likeness (QED) is 0.494.